The average Bonchev–Trinajstić information content (AvgIpc) is 3.10. The van der Waals surface area contributed by atoms with Crippen LogP contribution in [-0.4, -0.2) is 15.0 Å². The van der Waals surface area contributed by atoms with Gasteiger partial charge in [0.1, 0.15) is 5.52 Å². The lowest BCUT2D eigenvalue weighted by molar-refractivity contribution is 0.619. The van der Waals surface area contributed by atoms with Crippen molar-refractivity contribution in [3.05, 3.63) is 77.4 Å². The summed E-state index contributed by atoms with van der Waals surface area (Å²) >= 11 is 0. The minimum absolute atomic E-state index is 0.616. The highest BCUT2D eigenvalue weighted by Gasteiger charge is 2.09. The SMILES string of the molecule is CCc1ccc(CCc2ccc3oc(-c4cncc(C)c4)nc3c2)nc1. The molecule has 4 nitrogen and oxygen atoms in total. The van der Waals surface area contributed by atoms with Gasteiger partial charge in [-0.25, -0.2) is 4.98 Å². The second-order valence-corrected chi connectivity index (χ2v) is 6.58. The van der Waals surface area contributed by atoms with Gasteiger partial charge in [-0.15, -0.1) is 0 Å². The van der Waals surface area contributed by atoms with Crippen molar-refractivity contribution < 1.29 is 4.42 Å². The van der Waals surface area contributed by atoms with Crippen LogP contribution in [0.1, 0.15) is 29.3 Å². The number of fused-ring (bicyclic) bond motifs is 1. The maximum Gasteiger partial charge on any atom is 0.228 e. The molecule has 0 spiro atoms. The van der Waals surface area contributed by atoms with Crippen LogP contribution in [0.15, 0.2) is 59.4 Å². The van der Waals surface area contributed by atoms with Crippen LogP contribution in [0.5, 0.6) is 0 Å². The van der Waals surface area contributed by atoms with Crippen LogP contribution < -0.4 is 0 Å². The molecule has 3 aromatic heterocycles. The second kappa shape index (κ2) is 7.08. The van der Waals surface area contributed by atoms with Crippen molar-refractivity contribution in [2.24, 2.45) is 0 Å². The number of rotatable bonds is 5. The van der Waals surface area contributed by atoms with Gasteiger partial charge in [-0.3, -0.25) is 9.97 Å². The molecule has 3 heterocycles. The van der Waals surface area contributed by atoms with Gasteiger partial charge < -0.3 is 4.42 Å². The number of hydrogen-bond donors (Lipinski definition) is 0. The van der Waals surface area contributed by atoms with Crippen molar-refractivity contribution in [3.63, 3.8) is 0 Å². The average molecular weight is 343 g/mol. The molecule has 0 saturated heterocycles. The first kappa shape index (κ1) is 16.5. The summed E-state index contributed by atoms with van der Waals surface area (Å²) in [4.78, 5) is 13.4. The molecule has 1 aromatic carbocycles. The van der Waals surface area contributed by atoms with E-state index in [1.165, 1.54) is 11.1 Å². The van der Waals surface area contributed by atoms with Crippen molar-refractivity contribution in [3.8, 4) is 11.5 Å². The molecule has 0 unspecified atom stereocenters. The van der Waals surface area contributed by atoms with Gasteiger partial charge in [0.15, 0.2) is 5.58 Å². The Bertz CT molecular complexity index is 1030. The number of benzene rings is 1. The zero-order chi connectivity index (χ0) is 17.9. The Hall–Kier alpha value is -3.01. The van der Waals surface area contributed by atoms with Gasteiger partial charge >= 0.3 is 0 Å². The molecule has 0 saturated carbocycles. The number of nitrogens with zero attached hydrogens (tertiary/aromatic N) is 3. The summed E-state index contributed by atoms with van der Waals surface area (Å²) in [7, 11) is 0. The maximum atomic E-state index is 5.89. The number of hydrogen-bond acceptors (Lipinski definition) is 4. The van der Waals surface area contributed by atoms with E-state index in [1.807, 2.05) is 31.5 Å². The van der Waals surface area contributed by atoms with E-state index in [2.05, 4.69) is 46.1 Å². The first-order valence-electron chi connectivity index (χ1n) is 8.96. The molecule has 0 aliphatic heterocycles. The molecule has 0 aliphatic rings. The van der Waals surface area contributed by atoms with E-state index in [0.717, 1.165) is 47.2 Å². The van der Waals surface area contributed by atoms with Crippen molar-refractivity contribution in [1.82, 2.24) is 15.0 Å². The second-order valence-electron chi connectivity index (χ2n) is 6.58. The lowest BCUT2D eigenvalue weighted by Crippen LogP contribution is -1.95. The molecule has 4 aromatic rings. The fourth-order valence-corrected chi connectivity index (χ4v) is 3.01. The predicted molar refractivity (Wildman–Crippen MR) is 103 cm³/mol. The first-order valence-corrected chi connectivity index (χ1v) is 8.96. The summed E-state index contributed by atoms with van der Waals surface area (Å²) in [5.41, 5.74) is 7.31. The van der Waals surface area contributed by atoms with E-state index in [4.69, 9.17) is 4.42 Å². The topological polar surface area (TPSA) is 51.8 Å². The van der Waals surface area contributed by atoms with Crippen LogP contribution in [-0.2, 0) is 19.3 Å². The normalized spacial score (nSPS) is 11.2. The summed E-state index contributed by atoms with van der Waals surface area (Å²) in [6.45, 7) is 4.16. The van der Waals surface area contributed by atoms with Crippen LogP contribution in [0.2, 0.25) is 0 Å². The van der Waals surface area contributed by atoms with E-state index in [-0.39, 0.29) is 0 Å². The summed E-state index contributed by atoms with van der Waals surface area (Å²) in [6, 6.07) is 12.5. The highest BCUT2D eigenvalue weighted by atomic mass is 16.3. The Labute approximate surface area is 153 Å². The Kier molecular flexibility index (Phi) is 4.48. The minimum Gasteiger partial charge on any atom is -0.436 e. The quantitative estimate of drug-likeness (QED) is 0.515. The zero-order valence-electron chi connectivity index (χ0n) is 15.1. The van der Waals surface area contributed by atoms with Gasteiger partial charge in [0, 0.05) is 24.3 Å². The van der Waals surface area contributed by atoms with Gasteiger partial charge in [-0.05, 0) is 67.1 Å². The summed E-state index contributed by atoms with van der Waals surface area (Å²) in [6.07, 6.45) is 8.45. The van der Waals surface area contributed by atoms with Gasteiger partial charge in [-0.1, -0.05) is 19.1 Å². The number of pyridine rings is 2. The third kappa shape index (κ3) is 3.49. The molecule has 0 bridgehead atoms. The van der Waals surface area contributed by atoms with Gasteiger partial charge in [0.25, 0.3) is 0 Å². The largest absolute Gasteiger partial charge is 0.436 e. The molecule has 130 valence electrons. The van der Waals surface area contributed by atoms with E-state index in [1.54, 1.807) is 6.20 Å². The molecule has 0 amide bonds. The van der Waals surface area contributed by atoms with Crippen LogP contribution >= 0.6 is 0 Å². The lowest BCUT2D eigenvalue weighted by atomic mass is 10.1. The van der Waals surface area contributed by atoms with Crippen LogP contribution in [0.3, 0.4) is 0 Å². The maximum absolute atomic E-state index is 5.89. The molecular formula is C22H21N3O. The summed E-state index contributed by atoms with van der Waals surface area (Å²) in [5, 5.41) is 0. The van der Waals surface area contributed by atoms with Crippen molar-refractivity contribution >= 4 is 11.1 Å². The standard InChI is InChI=1S/C22H21N3O/c1-3-16-4-7-19(24-13-16)8-5-17-6-9-21-20(11-17)25-22(26-21)18-10-15(2)12-23-14-18/h4,6-7,9-14H,3,5,8H2,1-2H3. The Morgan fingerprint density at radius 1 is 0.923 bits per heavy atom. The number of aryl methyl sites for hydroxylation is 4. The molecule has 0 radical (unpaired) electrons. The smallest absolute Gasteiger partial charge is 0.228 e. The predicted octanol–water partition coefficient (Wildman–Crippen LogP) is 4.94. The van der Waals surface area contributed by atoms with Crippen LogP contribution in [0.4, 0.5) is 0 Å². The fraction of sp³-hybridized carbons (Fsp3) is 0.227. The van der Waals surface area contributed by atoms with Gasteiger partial charge in [0.2, 0.25) is 5.89 Å². The third-order valence-corrected chi connectivity index (χ3v) is 4.54. The highest BCUT2D eigenvalue weighted by Crippen LogP contribution is 2.25. The van der Waals surface area contributed by atoms with Crippen molar-refractivity contribution in [1.29, 1.82) is 0 Å². The van der Waals surface area contributed by atoms with Crippen LogP contribution in [0, 0.1) is 6.92 Å². The summed E-state index contributed by atoms with van der Waals surface area (Å²) in [5.74, 6) is 0.616. The fourth-order valence-electron chi connectivity index (χ4n) is 3.01. The lowest BCUT2D eigenvalue weighted by Gasteiger charge is -2.02. The third-order valence-electron chi connectivity index (χ3n) is 4.54. The van der Waals surface area contributed by atoms with Crippen molar-refractivity contribution in [2.45, 2.75) is 33.1 Å². The monoisotopic (exact) mass is 343 g/mol. The molecular weight excluding hydrogens is 322 g/mol. The van der Waals surface area contributed by atoms with E-state index < -0.39 is 0 Å². The Morgan fingerprint density at radius 2 is 1.81 bits per heavy atom. The molecule has 4 heteroatoms. The summed E-state index contributed by atoms with van der Waals surface area (Å²) < 4.78 is 5.89. The highest BCUT2D eigenvalue weighted by molar-refractivity contribution is 5.76. The zero-order valence-corrected chi connectivity index (χ0v) is 15.1. The molecule has 0 atom stereocenters. The molecule has 4 rings (SSSR count). The molecule has 26 heavy (non-hydrogen) atoms. The van der Waals surface area contributed by atoms with Crippen molar-refractivity contribution in [2.75, 3.05) is 0 Å². The van der Waals surface area contributed by atoms with E-state index >= 15 is 0 Å². The number of aromatic nitrogens is 3. The minimum atomic E-state index is 0.616. The molecule has 0 fully saturated rings. The van der Waals surface area contributed by atoms with E-state index in [0.29, 0.717) is 5.89 Å². The molecule has 0 N–H and O–H groups in total. The number of oxazole rings is 1. The van der Waals surface area contributed by atoms with E-state index in [9.17, 15) is 0 Å². The van der Waals surface area contributed by atoms with Crippen LogP contribution in [0.25, 0.3) is 22.6 Å². The molecule has 0 aliphatic carbocycles. The van der Waals surface area contributed by atoms with Gasteiger partial charge in [0.05, 0.1) is 5.56 Å². The Balaban J connectivity index is 1.53. The first-order chi connectivity index (χ1) is 12.7. The Morgan fingerprint density at radius 3 is 2.58 bits per heavy atom. The van der Waals surface area contributed by atoms with Gasteiger partial charge in [-0.2, -0.15) is 0 Å².